The van der Waals surface area contributed by atoms with Gasteiger partial charge in [-0.05, 0) is 43.8 Å². The first-order chi connectivity index (χ1) is 13.2. The van der Waals surface area contributed by atoms with E-state index in [0.29, 0.717) is 12.8 Å². The minimum Gasteiger partial charge on any atom is -0.414 e. The maximum Gasteiger partial charge on any atom is 0.192 e. The molecule has 1 aliphatic rings. The maximum atomic E-state index is 13.8. The van der Waals surface area contributed by atoms with Crippen LogP contribution in [0.2, 0.25) is 18.1 Å². The largest absolute Gasteiger partial charge is 0.414 e. The van der Waals surface area contributed by atoms with Gasteiger partial charge in [-0.15, -0.1) is 6.58 Å². The summed E-state index contributed by atoms with van der Waals surface area (Å²) in [5.74, 6) is 0.0608. The molecule has 0 saturated heterocycles. The molecule has 0 aliphatic heterocycles. The lowest BCUT2D eigenvalue weighted by Gasteiger charge is -2.53. The van der Waals surface area contributed by atoms with Gasteiger partial charge in [0.2, 0.25) is 0 Å². The Morgan fingerprint density at radius 2 is 1.93 bits per heavy atom. The highest BCUT2D eigenvalue weighted by Crippen LogP contribution is 2.53. The second-order valence-corrected chi connectivity index (χ2v) is 15.3. The van der Waals surface area contributed by atoms with Crippen LogP contribution in [-0.4, -0.2) is 46.5 Å². The van der Waals surface area contributed by atoms with Crippen LogP contribution < -0.4 is 0 Å². The molecular formula is C23H42O5Si. The molecule has 0 heterocycles. The highest BCUT2D eigenvalue weighted by atomic mass is 28.4. The van der Waals surface area contributed by atoms with Crippen molar-refractivity contribution in [3.05, 3.63) is 12.7 Å². The number of rotatable bonds is 10. The molecule has 1 fully saturated rings. The van der Waals surface area contributed by atoms with Crippen molar-refractivity contribution < 1.29 is 23.5 Å². The van der Waals surface area contributed by atoms with Crippen molar-refractivity contribution in [3.63, 3.8) is 0 Å². The van der Waals surface area contributed by atoms with Gasteiger partial charge in [0.25, 0.3) is 0 Å². The van der Waals surface area contributed by atoms with Gasteiger partial charge in [0.15, 0.2) is 8.32 Å². The van der Waals surface area contributed by atoms with E-state index in [0.717, 1.165) is 0 Å². The third-order valence-electron chi connectivity index (χ3n) is 7.13. The third-order valence-corrected chi connectivity index (χ3v) is 11.6. The summed E-state index contributed by atoms with van der Waals surface area (Å²) < 4.78 is 17.6. The summed E-state index contributed by atoms with van der Waals surface area (Å²) in [6.07, 6.45) is 2.86. The summed E-state index contributed by atoms with van der Waals surface area (Å²) in [6.45, 7) is 20.9. The molecule has 4 atom stereocenters. The molecule has 29 heavy (non-hydrogen) atoms. The molecule has 0 aromatic rings. The Balaban J connectivity index is 3.44. The van der Waals surface area contributed by atoms with Gasteiger partial charge < -0.3 is 13.9 Å². The van der Waals surface area contributed by atoms with Crippen molar-refractivity contribution in [2.45, 2.75) is 85.0 Å². The molecule has 0 unspecified atom stereocenters. The van der Waals surface area contributed by atoms with E-state index >= 15 is 0 Å². The van der Waals surface area contributed by atoms with E-state index in [4.69, 9.17) is 13.9 Å². The molecular weight excluding hydrogens is 384 g/mol. The van der Waals surface area contributed by atoms with Crippen LogP contribution in [0.1, 0.15) is 60.8 Å². The summed E-state index contributed by atoms with van der Waals surface area (Å²) in [6, 6.07) is 0. The second kappa shape index (κ2) is 9.54. The molecule has 0 aromatic carbocycles. The lowest BCUT2D eigenvalue weighted by atomic mass is 9.54. The first-order valence-corrected chi connectivity index (χ1v) is 13.5. The molecule has 1 rings (SSSR count). The van der Waals surface area contributed by atoms with Crippen LogP contribution in [0, 0.1) is 16.7 Å². The highest BCUT2D eigenvalue weighted by Gasteiger charge is 2.59. The minimum atomic E-state index is -2.07. The molecule has 1 aliphatic carbocycles. The predicted octanol–water partition coefficient (Wildman–Crippen LogP) is 5.15. The van der Waals surface area contributed by atoms with Crippen molar-refractivity contribution in [1.82, 2.24) is 0 Å². The minimum absolute atomic E-state index is 0.0148. The molecule has 5 nitrogen and oxygen atoms in total. The topological polar surface area (TPSA) is 61.8 Å². The van der Waals surface area contributed by atoms with Crippen molar-refractivity contribution in [1.29, 1.82) is 0 Å². The van der Waals surface area contributed by atoms with E-state index < -0.39 is 19.1 Å². The number of allylic oxidation sites excluding steroid dienone is 1. The molecule has 0 aromatic heterocycles. The highest BCUT2D eigenvalue weighted by molar-refractivity contribution is 6.74. The van der Waals surface area contributed by atoms with Crippen LogP contribution >= 0.6 is 0 Å². The van der Waals surface area contributed by atoms with Crippen LogP contribution in [0.3, 0.4) is 0 Å². The Hall–Kier alpha value is -0.823. The Morgan fingerprint density at radius 3 is 2.38 bits per heavy atom. The van der Waals surface area contributed by atoms with Gasteiger partial charge in [0.1, 0.15) is 18.4 Å². The van der Waals surface area contributed by atoms with Crippen molar-refractivity contribution in [2.24, 2.45) is 16.7 Å². The van der Waals surface area contributed by atoms with E-state index in [1.165, 1.54) is 0 Å². The summed E-state index contributed by atoms with van der Waals surface area (Å²) in [5, 5.41) is 0.0544. The van der Waals surface area contributed by atoms with Crippen molar-refractivity contribution >= 4 is 19.9 Å². The number of carbonyl (C=O) groups excluding carboxylic acids is 2. The fourth-order valence-corrected chi connectivity index (χ4v) is 5.66. The monoisotopic (exact) mass is 426 g/mol. The first kappa shape index (κ1) is 26.2. The number of hydrogen-bond donors (Lipinski definition) is 0. The number of ether oxygens (including phenoxy) is 2. The van der Waals surface area contributed by atoms with Gasteiger partial charge in [-0.2, -0.15) is 0 Å². The van der Waals surface area contributed by atoms with E-state index in [-0.39, 0.29) is 48.4 Å². The zero-order valence-corrected chi connectivity index (χ0v) is 21.0. The lowest BCUT2D eigenvalue weighted by Crippen LogP contribution is -2.60. The Bertz CT molecular complexity index is 609. The number of carbonyl (C=O) groups is 2. The number of ketones is 2. The zero-order chi connectivity index (χ0) is 22.7. The lowest BCUT2D eigenvalue weighted by molar-refractivity contribution is -0.168. The molecule has 1 saturated carbocycles. The smallest absolute Gasteiger partial charge is 0.192 e. The number of hydrogen-bond acceptors (Lipinski definition) is 5. The first-order valence-electron chi connectivity index (χ1n) is 10.6. The zero-order valence-electron chi connectivity index (χ0n) is 20.0. The molecule has 0 amide bonds. The van der Waals surface area contributed by atoms with Gasteiger partial charge >= 0.3 is 0 Å². The fraction of sp³-hybridized carbons (Fsp3) is 0.826. The standard InChI is InChI=1S/C23H42O5Si/c1-11-12-23(13-17(2)24)14-19(28-29(9,10)21(4,5)6)18(3)22(7,20(23)25)15-27-16-26-8/h11,18-19H,1,12-16H2,2-10H3/t18-,19+,22-,23+/m0/s1. The van der Waals surface area contributed by atoms with Gasteiger partial charge in [0.05, 0.1) is 12.0 Å². The Kier molecular flexibility index (Phi) is 8.62. The summed E-state index contributed by atoms with van der Waals surface area (Å²) in [4.78, 5) is 26.0. The fourth-order valence-electron chi connectivity index (χ4n) is 4.26. The van der Waals surface area contributed by atoms with E-state index in [1.807, 2.05) is 6.92 Å². The van der Waals surface area contributed by atoms with Crippen LogP contribution in [0.15, 0.2) is 12.7 Å². The van der Waals surface area contributed by atoms with Gasteiger partial charge in [-0.25, -0.2) is 0 Å². The normalized spacial score (nSPS) is 31.0. The number of Topliss-reactive ketones (excluding diaryl/α,β-unsaturated/α-hetero) is 2. The van der Waals surface area contributed by atoms with Gasteiger partial charge in [0, 0.05) is 25.0 Å². The average Bonchev–Trinajstić information content (AvgIpc) is 2.57. The van der Waals surface area contributed by atoms with Crippen molar-refractivity contribution in [2.75, 3.05) is 20.5 Å². The van der Waals surface area contributed by atoms with Crippen LogP contribution in [0.25, 0.3) is 0 Å². The molecule has 0 N–H and O–H groups in total. The van der Waals surface area contributed by atoms with Gasteiger partial charge in [-0.3, -0.25) is 9.59 Å². The molecule has 0 radical (unpaired) electrons. The number of methoxy groups -OCH3 is 1. The van der Waals surface area contributed by atoms with E-state index in [2.05, 4.69) is 47.4 Å². The average molecular weight is 427 g/mol. The van der Waals surface area contributed by atoms with E-state index in [1.54, 1.807) is 20.1 Å². The Labute approximate surface area is 178 Å². The molecule has 6 heteroatoms. The summed E-state index contributed by atoms with van der Waals surface area (Å²) in [7, 11) is -0.505. The SMILES string of the molecule is C=CC[C@@]1(CC(C)=O)C[C@@H](O[Si](C)(C)C(C)(C)C)[C@H](C)[C@](C)(COCOC)C1=O. The van der Waals surface area contributed by atoms with Gasteiger partial charge in [-0.1, -0.05) is 40.7 Å². The van der Waals surface area contributed by atoms with Crippen LogP contribution in [0.5, 0.6) is 0 Å². The summed E-state index contributed by atoms with van der Waals surface area (Å²) >= 11 is 0. The summed E-state index contributed by atoms with van der Waals surface area (Å²) in [5.41, 5.74) is -1.55. The predicted molar refractivity (Wildman–Crippen MR) is 119 cm³/mol. The molecule has 0 spiro atoms. The second-order valence-electron chi connectivity index (χ2n) is 10.6. The molecule has 0 bridgehead atoms. The maximum absolute atomic E-state index is 13.8. The quantitative estimate of drug-likeness (QED) is 0.209. The Morgan fingerprint density at radius 1 is 1.34 bits per heavy atom. The van der Waals surface area contributed by atoms with Crippen LogP contribution in [0.4, 0.5) is 0 Å². The third kappa shape index (κ3) is 5.66. The van der Waals surface area contributed by atoms with E-state index in [9.17, 15) is 9.59 Å². The van der Waals surface area contributed by atoms with Crippen molar-refractivity contribution in [3.8, 4) is 0 Å². The van der Waals surface area contributed by atoms with Crippen LogP contribution in [-0.2, 0) is 23.5 Å². The molecule has 168 valence electrons.